The molecule has 0 bridgehead atoms. The molecule has 5 heteroatoms. The third-order valence-corrected chi connectivity index (χ3v) is 10.3. The van der Waals surface area contributed by atoms with Gasteiger partial charge in [0.2, 0.25) is 0 Å². The summed E-state index contributed by atoms with van der Waals surface area (Å²) in [5.74, 6) is 0. The van der Waals surface area contributed by atoms with Crippen LogP contribution in [0.15, 0.2) is 97.1 Å². The second kappa shape index (κ2) is 10.9. The first-order valence-electron chi connectivity index (χ1n) is 16.6. The van der Waals surface area contributed by atoms with Crippen molar-refractivity contribution in [2.24, 2.45) is 0 Å². The second-order valence-corrected chi connectivity index (χ2v) is 17.2. The molecule has 2 aliphatic heterocycles. The van der Waals surface area contributed by atoms with E-state index in [1.807, 2.05) is 12.1 Å². The van der Waals surface area contributed by atoms with Gasteiger partial charge in [-0.1, -0.05) is 122 Å². The number of hydrogen-bond acceptors (Lipinski definition) is 2. The van der Waals surface area contributed by atoms with Crippen LogP contribution in [0.3, 0.4) is 0 Å². The number of hydrogen-bond donors (Lipinski definition) is 0. The molecule has 2 nitrogen and oxygen atoms in total. The maximum Gasteiger partial charge on any atom is 0.252 e. The molecule has 7 rings (SSSR count). The zero-order valence-corrected chi connectivity index (χ0v) is 30.5. The number of fused-ring (bicyclic) bond motifs is 4. The van der Waals surface area contributed by atoms with Gasteiger partial charge in [0.1, 0.15) is 0 Å². The average molecular weight is 658 g/mol. The lowest BCUT2D eigenvalue weighted by Gasteiger charge is -2.45. The van der Waals surface area contributed by atoms with E-state index in [4.69, 9.17) is 23.2 Å². The summed E-state index contributed by atoms with van der Waals surface area (Å²) in [6, 6.07) is 35.6. The predicted octanol–water partition coefficient (Wildman–Crippen LogP) is 11.0. The lowest BCUT2D eigenvalue weighted by Crippen LogP contribution is -2.61. The molecule has 238 valence electrons. The summed E-state index contributed by atoms with van der Waals surface area (Å²) in [4.78, 5) is 4.90. The van der Waals surface area contributed by atoms with Crippen molar-refractivity contribution in [3.63, 3.8) is 0 Å². The van der Waals surface area contributed by atoms with Gasteiger partial charge in [-0.25, -0.2) is 0 Å². The van der Waals surface area contributed by atoms with Crippen molar-refractivity contribution in [3.8, 4) is 0 Å². The molecule has 0 aromatic heterocycles. The molecule has 0 radical (unpaired) electrons. The molecule has 0 amide bonds. The largest absolute Gasteiger partial charge is 0.311 e. The van der Waals surface area contributed by atoms with E-state index in [2.05, 4.69) is 157 Å². The van der Waals surface area contributed by atoms with Crippen molar-refractivity contribution in [2.75, 3.05) is 9.80 Å². The molecule has 0 saturated carbocycles. The monoisotopic (exact) mass is 656 g/mol. The van der Waals surface area contributed by atoms with Crippen LogP contribution in [0.1, 0.15) is 79.0 Å². The normalized spacial score (nSPS) is 14.1. The third-order valence-electron chi connectivity index (χ3n) is 9.80. The van der Waals surface area contributed by atoms with Crippen molar-refractivity contribution in [1.29, 1.82) is 0 Å². The Balaban J connectivity index is 1.65. The first kappa shape index (κ1) is 31.9. The zero-order chi connectivity index (χ0) is 33.6. The topological polar surface area (TPSA) is 6.48 Å². The van der Waals surface area contributed by atoms with Crippen molar-refractivity contribution >= 4 is 80.4 Å². The first-order valence-corrected chi connectivity index (χ1v) is 17.4. The molecular formula is C42H43BCl2N2. The lowest BCUT2D eigenvalue weighted by atomic mass is 9.33. The average Bonchev–Trinajstić information content (AvgIpc) is 2.98. The van der Waals surface area contributed by atoms with Gasteiger partial charge in [-0.15, -0.1) is 0 Å². The fourth-order valence-corrected chi connectivity index (χ4v) is 7.51. The van der Waals surface area contributed by atoms with Gasteiger partial charge >= 0.3 is 0 Å². The summed E-state index contributed by atoms with van der Waals surface area (Å²) in [7, 11) is 0. The van der Waals surface area contributed by atoms with Crippen molar-refractivity contribution in [1.82, 2.24) is 0 Å². The highest BCUT2D eigenvalue weighted by atomic mass is 35.5. The molecule has 0 aliphatic carbocycles. The molecule has 0 N–H and O–H groups in total. The molecule has 0 spiro atoms. The molecular weight excluding hydrogens is 614 g/mol. The zero-order valence-electron chi connectivity index (χ0n) is 29.0. The third kappa shape index (κ3) is 5.46. The number of rotatable bonds is 2. The van der Waals surface area contributed by atoms with Crippen LogP contribution in [0.25, 0.3) is 0 Å². The second-order valence-electron chi connectivity index (χ2n) is 16.3. The van der Waals surface area contributed by atoms with E-state index >= 15 is 0 Å². The SMILES string of the molecule is CC(C)(C)c1ccc2c(c1)N(c1cccc(Cl)c1)c1cc(C(C)(C)C)cc3c1B2c1ccc(C(C)(C)C)cc1N3c1cccc(Cl)c1. The minimum absolute atomic E-state index is 0.0107. The molecule has 0 fully saturated rings. The Kier molecular flexibility index (Phi) is 7.43. The minimum atomic E-state index is -0.0951. The van der Waals surface area contributed by atoms with Gasteiger partial charge in [0.15, 0.2) is 0 Å². The fourth-order valence-electron chi connectivity index (χ4n) is 7.14. The summed E-state index contributed by atoms with van der Waals surface area (Å²) >= 11 is 13.4. The summed E-state index contributed by atoms with van der Waals surface area (Å²) in [5, 5.41) is 1.44. The lowest BCUT2D eigenvalue weighted by molar-refractivity contribution is 0.590. The van der Waals surface area contributed by atoms with E-state index in [1.54, 1.807) is 0 Å². The maximum absolute atomic E-state index is 6.71. The maximum atomic E-state index is 6.71. The van der Waals surface area contributed by atoms with Gasteiger partial charge in [0.05, 0.1) is 0 Å². The summed E-state index contributed by atoms with van der Waals surface area (Å²) in [5.41, 5.74) is 14.6. The van der Waals surface area contributed by atoms with Crippen LogP contribution in [0.5, 0.6) is 0 Å². The number of anilines is 6. The Morgan fingerprint density at radius 3 is 1.19 bits per heavy atom. The highest BCUT2D eigenvalue weighted by Gasteiger charge is 2.44. The molecule has 2 aliphatic rings. The van der Waals surface area contributed by atoms with E-state index in [-0.39, 0.29) is 23.0 Å². The smallest absolute Gasteiger partial charge is 0.252 e. The number of nitrogens with zero attached hydrogens (tertiary/aromatic N) is 2. The fraction of sp³-hybridized carbons (Fsp3) is 0.286. The Morgan fingerprint density at radius 2 is 0.830 bits per heavy atom. The van der Waals surface area contributed by atoms with Gasteiger partial charge in [-0.3, -0.25) is 0 Å². The molecule has 2 heterocycles. The van der Waals surface area contributed by atoms with Crippen LogP contribution in [-0.2, 0) is 16.2 Å². The number of halogens is 2. The molecule has 5 aromatic rings. The Morgan fingerprint density at radius 1 is 0.447 bits per heavy atom. The van der Waals surface area contributed by atoms with Gasteiger partial charge in [-0.2, -0.15) is 0 Å². The molecule has 47 heavy (non-hydrogen) atoms. The van der Waals surface area contributed by atoms with E-state index in [0.29, 0.717) is 0 Å². The quantitative estimate of drug-likeness (QED) is 0.171. The number of benzene rings is 5. The molecule has 5 aromatic carbocycles. The summed E-state index contributed by atoms with van der Waals surface area (Å²) < 4.78 is 0. The van der Waals surface area contributed by atoms with Crippen LogP contribution in [0, 0.1) is 0 Å². The van der Waals surface area contributed by atoms with Crippen LogP contribution in [0.4, 0.5) is 34.1 Å². The standard InChI is InChI=1S/C42H43BCl2N2/c1-40(2,3)26-16-18-33-35(20-26)46(31-14-10-12-29(44)24-31)37-22-28(42(7,8)9)23-38-39(37)43(33)34-19-17-27(41(4,5)6)21-36(34)47(38)32-15-11-13-30(45)25-32/h10-25H,1-9H3. The van der Waals surface area contributed by atoms with Crippen LogP contribution >= 0.6 is 23.2 Å². The predicted molar refractivity (Wildman–Crippen MR) is 207 cm³/mol. The van der Waals surface area contributed by atoms with Crippen LogP contribution < -0.4 is 26.2 Å². The van der Waals surface area contributed by atoms with Crippen molar-refractivity contribution in [3.05, 3.63) is 124 Å². The summed E-state index contributed by atoms with van der Waals surface area (Å²) in [6.07, 6.45) is 0. The minimum Gasteiger partial charge on any atom is -0.311 e. The van der Waals surface area contributed by atoms with E-state index in [0.717, 1.165) is 21.4 Å². The van der Waals surface area contributed by atoms with Crippen molar-refractivity contribution < 1.29 is 0 Å². The Hall–Kier alpha value is -3.66. The first-order chi connectivity index (χ1) is 22.0. The van der Waals surface area contributed by atoms with E-state index < -0.39 is 0 Å². The van der Waals surface area contributed by atoms with Gasteiger partial charge in [0, 0.05) is 44.2 Å². The molecule has 0 unspecified atom stereocenters. The highest BCUT2D eigenvalue weighted by molar-refractivity contribution is 7.00. The van der Waals surface area contributed by atoms with Gasteiger partial charge < -0.3 is 9.80 Å². The Labute approximate surface area is 291 Å². The van der Waals surface area contributed by atoms with Gasteiger partial charge in [-0.05, 0) is 110 Å². The highest BCUT2D eigenvalue weighted by Crippen LogP contribution is 2.47. The van der Waals surface area contributed by atoms with E-state index in [9.17, 15) is 0 Å². The van der Waals surface area contributed by atoms with Crippen LogP contribution in [-0.4, -0.2) is 6.71 Å². The molecule has 0 atom stereocenters. The van der Waals surface area contributed by atoms with Crippen LogP contribution in [0.2, 0.25) is 10.0 Å². The Bertz CT molecular complexity index is 1910. The molecule has 0 saturated heterocycles. The van der Waals surface area contributed by atoms with E-state index in [1.165, 1.54) is 55.8 Å². The van der Waals surface area contributed by atoms with Crippen molar-refractivity contribution in [2.45, 2.75) is 78.6 Å². The van der Waals surface area contributed by atoms with Gasteiger partial charge in [0.25, 0.3) is 6.71 Å². The summed E-state index contributed by atoms with van der Waals surface area (Å²) in [6.45, 7) is 20.7.